The lowest BCUT2D eigenvalue weighted by Gasteiger charge is -2.11. The van der Waals surface area contributed by atoms with E-state index in [1.807, 2.05) is 30.3 Å². The molecule has 3 N–H and O–H groups in total. The molecule has 8 nitrogen and oxygen atoms in total. The van der Waals surface area contributed by atoms with Gasteiger partial charge in [-0.3, -0.25) is 4.79 Å². The second-order valence-corrected chi connectivity index (χ2v) is 7.50. The number of hydrogen-bond acceptors (Lipinski definition) is 6. The van der Waals surface area contributed by atoms with Gasteiger partial charge in [0.25, 0.3) is 0 Å². The van der Waals surface area contributed by atoms with Crippen LogP contribution in [0.5, 0.6) is 5.75 Å². The quantitative estimate of drug-likeness (QED) is 0.627. The Morgan fingerprint density at radius 1 is 1.21 bits per heavy atom. The van der Waals surface area contributed by atoms with Crippen LogP contribution < -0.4 is 15.2 Å². The number of hydrogen-bond donors (Lipinski definition) is 2. The highest BCUT2D eigenvalue weighted by Gasteiger charge is 2.15. The van der Waals surface area contributed by atoms with Crippen LogP contribution in [0.3, 0.4) is 0 Å². The number of sulfonamides is 1. The highest BCUT2D eigenvalue weighted by atomic mass is 32.2. The highest BCUT2D eigenvalue weighted by molar-refractivity contribution is 7.89. The third-order valence-electron chi connectivity index (χ3n) is 3.95. The third kappa shape index (κ3) is 4.76. The first-order valence-corrected chi connectivity index (χ1v) is 9.92. The fraction of sp³-hybridized carbons (Fsp3) is 0.158. The van der Waals surface area contributed by atoms with Gasteiger partial charge < -0.3 is 14.5 Å². The molecule has 28 heavy (non-hydrogen) atoms. The fourth-order valence-electron chi connectivity index (χ4n) is 2.56. The predicted molar refractivity (Wildman–Crippen MR) is 103 cm³/mol. The van der Waals surface area contributed by atoms with Gasteiger partial charge in [0.05, 0.1) is 23.9 Å². The minimum Gasteiger partial charge on any atom is -0.495 e. The SMILES string of the molecule is COc1ccc(S(N)(=O)=O)cc1NC(=O)CCc1ncc(-c2ccccc2)o1. The molecule has 3 aromatic rings. The van der Waals surface area contributed by atoms with Gasteiger partial charge in [0.2, 0.25) is 15.9 Å². The summed E-state index contributed by atoms with van der Waals surface area (Å²) in [6.45, 7) is 0. The molecule has 0 fully saturated rings. The number of ether oxygens (including phenoxy) is 1. The van der Waals surface area contributed by atoms with Crippen molar-refractivity contribution in [3.8, 4) is 17.1 Å². The number of anilines is 1. The number of nitrogens with zero attached hydrogens (tertiary/aromatic N) is 1. The lowest BCUT2D eigenvalue weighted by Crippen LogP contribution is -2.16. The number of methoxy groups -OCH3 is 1. The highest BCUT2D eigenvalue weighted by Crippen LogP contribution is 2.27. The topological polar surface area (TPSA) is 125 Å². The molecular weight excluding hydrogens is 382 g/mol. The number of nitrogens with two attached hydrogens (primary N) is 1. The van der Waals surface area contributed by atoms with Crippen LogP contribution in [0.25, 0.3) is 11.3 Å². The molecule has 1 heterocycles. The molecule has 0 saturated heterocycles. The number of aryl methyl sites for hydroxylation is 1. The lowest BCUT2D eigenvalue weighted by molar-refractivity contribution is -0.116. The second-order valence-electron chi connectivity index (χ2n) is 5.94. The summed E-state index contributed by atoms with van der Waals surface area (Å²) in [6.07, 6.45) is 1.99. The summed E-state index contributed by atoms with van der Waals surface area (Å²) in [5.41, 5.74) is 1.12. The fourth-order valence-corrected chi connectivity index (χ4v) is 3.10. The van der Waals surface area contributed by atoms with Crippen LogP contribution in [-0.4, -0.2) is 26.4 Å². The van der Waals surface area contributed by atoms with E-state index in [0.717, 1.165) is 5.56 Å². The number of oxazole rings is 1. The van der Waals surface area contributed by atoms with Gasteiger partial charge in [-0.15, -0.1) is 0 Å². The van der Waals surface area contributed by atoms with Gasteiger partial charge >= 0.3 is 0 Å². The first-order chi connectivity index (χ1) is 13.4. The van der Waals surface area contributed by atoms with E-state index in [2.05, 4.69) is 10.3 Å². The van der Waals surface area contributed by atoms with Crippen molar-refractivity contribution in [2.75, 3.05) is 12.4 Å². The van der Waals surface area contributed by atoms with Gasteiger partial charge in [-0.05, 0) is 18.2 Å². The molecule has 0 radical (unpaired) electrons. The van der Waals surface area contributed by atoms with Crippen molar-refractivity contribution < 1.29 is 22.4 Å². The molecule has 1 amide bonds. The van der Waals surface area contributed by atoms with Crippen LogP contribution in [-0.2, 0) is 21.2 Å². The Hall–Kier alpha value is -3.17. The van der Waals surface area contributed by atoms with Crippen molar-refractivity contribution >= 4 is 21.6 Å². The molecular formula is C19H19N3O5S. The zero-order valence-corrected chi connectivity index (χ0v) is 15.9. The van der Waals surface area contributed by atoms with E-state index in [-0.39, 0.29) is 29.3 Å². The average molecular weight is 401 g/mol. The Labute approximate surface area is 162 Å². The van der Waals surface area contributed by atoms with Crippen molar-refractivity contribution in [3.05, 3.63) is 60.6 Å². The Morgan fingerprint density at radius 2 is 1.96 bits per heavy atom. The Kier molecular flexibility index (Phi) is 5.76. The normalized spacial score (nSPS) is 11.2. The maximum absolute atomic E-state index is 12.3. The number of amides is 1. The molecule has 3 rings (SSSR count). The molecule has 0 aliphatic heterocycles. The van der Waals surface area contributed by atoms with Crippen molar-refractivity contribution in [2.45, 2.75) is 17.7 Å². The van der Waals surface area contributed by atoms with Gasteiger partial charge in [0, 0.05) is 18.4 Å². The molecule has 0 bridgehead atoms. The van der Waals surface area contributed by atoms with E-state index in [1.54, 1.807) is 6.20 Å². The number of rotatable bonds is 7. The van der Waals surface area contributed by atoms with Gasteiger partial charge in [-0.1, -0.05) is 30.3 Å². The van der Waals surface area contributed by atoms with Crippen LogP contribution in [0.15, 0.2) is 64.0 Å². The van der Waals surface area contributed by atoms with E-state index < -0.39 is 10.0 Å². The van der Waals surface area contributed by atoms with Crippen LogP contribution in [0, 0.1) is 0 Å². The summed E-state index contributed by atoms with van der Waals surface area (Å²) >= 11 is 0. The molecule has 1 aromatic heterocycles. The Morgan fingerprint density at radius 3 is 2.64 bits per heavy atom. The smallest absolute Gasteiger partial charge is 0.238 e. The second kappa shape index (κ2) is 8.24. The molecule has 0 atom stereocenters. The summed E-state index contributed by atoms with van der Waals surface area (Å²) in [6, 6.07) is 13.5. The Bertz CT molecular complexity index is 1080. The number of primary sulfonamides is 1. The predicted octanol–water partition coefficient (Wildman–Crippen LogP) is 2.57. The van der Waals surface area contributed by atoms with Crippen LogP contribution in [0.4, 0.5) is 5.69 Å². The minimum atomic E-state index is -3.90. The van der Waals surface area contributed by atoms with Crippen LogP contribution >= 0.6 is 0 Å². The van der Waals surface area contributed by atoms with E-state index in [0.29, 0.717) is 17.4 Å². The molecule has 9 heteroatoms. The third-order valence-corrected chi connectivity index (χ3v) is 4.86. The largest absolute Gasteiger partial charge is 0.495 e. The van der Waals surface area contributed by atoms with Gasteiger partial charge in [-0.2, -0.15) is 0 Å². The van der Waals surface area contributed by atoms with Crippen LogP contribution in [0.1, 0.15) is 12.3 Å². The van der Waals surface area contributed by atoms with Crippen molar-refractivity contribution in [1.29, 1.82) is 0 Å². The lowest BCUT2D eigenvalue weighted by atomic mass is 10.2. The van der Waals surface area contributed by atoms with Gasteiger partial charge in [0.15, 0.2) is 11.7 Å². The number of carbonyl (C=O) groups is 1. The summed E-state index contributed by atoms with van der Waals surface area (Å²) in [7, 11) is -2.48. The summed E-state index contributed by atoms with van der Waals surface area (Å²) in [5.74, 6) is 1.03. The molecule has 146 valence electrons. The summed E-state index contributed by atoms with van der Waals surface area (Å²) in [5, 5.41) is 7.76. The maximum atomic E-state index is 12.3. The van der Waals surface area contributed by atoms with Gasteiger partial charge in [0.1, 0.15) is 5.75 Å². The van der Waals surface area contributed by atoms with Crippen LogP contribution in [0.2, 0.25) is 0 Å². The average Bonchev–Trinajstić information content (AvgIpc) is 3.15. The monoisotopic (exact) mass is 401 g/mol. The van der Waals surface area contributed by atoms with Crippen molar-refractivity contribution in [2.24, 2.45) is 5.14 Å². The number of carbonyl (C=O) groups excluding carboxylic acids is 1. The van der Waals surface area contributed by atoms with E-state index in [4.69, 9.17) is 14.3 Å². The zero-order chi connectivity index (χ0) is 20.1. The first-order valence-electron chi connectivity index (χ1n) is 8.37. The standard InChI is InChI=1S/C19H19N3O5S/c1-26-16-8-7-14(28(20,24)25)11-15(16)22-18(23)9-10-19-21-12-17(27-19)13-5-3-2-4-6-13/h2-8,11-12H,9-10H2,1H3,(H,22,23)(H2,20,24,25). The van der Waals surface area contributed by atoms with Crippen molar-refractivity contribution in [3.63, 3.8) is 0 Å². The molecule has 0 spiro atoms. The molecule has 0 aliphatic rings. The van der Waals surface area contributed by atoms with Crippen molar-refractivity contribution in [1.82, 2.24) is 4.98 Å². The molecule has 0 unspecified atom stereocenters. The number of benzene rings is 2. The van der Waals surface area contributed by atoms with E-state index >= 15 is 0 Å². The minimum absolute atomic E-state index is 0.0947. The maximum Gasteiger partial charge on any atom is 0.238 e. The number of aromatic nitrogens is 1. The molecule has 0 aliphatic carbocycles. The first kappa shape index (κ1) is 19.6. The summed E-state index contributed by atoms with van der Waals surface area (Å²) < 4.78 is 33.8. The molecule has 2 aromatic carbocycles. The zero-order valence-electron chi connectivity index (χ0n) is 15.1. The van der Waals surface area contributed by atoms with Gasteiger partial charge in [-0.25, -0.2) is 18.5 Å². The summed E-state index contributed by atoms with van der Waals surface area (Å²) in [4.78, 5) is 16.3. The molecule has 0 saturated carbocycles. The Balaban J connectivity index is 1.66. The van der Waals surface area contributed by atoms with E-state index in [1.165, 1.54) is 25.3 Å². The number of nitrogens with one attached hydrogen (secondary N) is 1. The van der Waals surface area contributed by atoms with E-state index in [9.17, 15) is 13.2 Å².